The Morgan fingerprint density at radius 2 is 1.72 bits per heavy atom. The van der Waals surface area contributed by atoms with Gasteiger partial charge in [0.15, 0.2) is 0 Å². The first-order valence-corrected chi connectivity index (χ1v) is 10.8. The van der Waals surface area contributed by atoms with Gasteiger partial charge in [-0.1, -0.05) is 13.8 Å². The molecule has 0 N–H and O–H groups in total. The molecule has 0 bridgehead atoms. The van der Waals surface area contributed by atoms with Crippen molar-refractivity contribution < 1.29 is 33.7 Å². The lowest BCUT2D eigenvalue weighted by Crippen LogP contribution is -2.49. The van der Waals surface area contributed by atoms with Crippen LogP contribution in [0.1, 0.15) is 26.7 Å². The monoisotopic (exact) mass is 399 g/mol. The molecule has 5 atom stereocenters. The number of carbonyl (C=O) groups is 2. The second kappa shape index (κ2) is 10.6. The number of carbonyl (C=O) groups excluding carboxylic acids is 2. The van der Waals surface area contributed by atoms with Crippen molar-refractivity contribution in [2.45, 2.75) is 36.6 Å². The molecule has 0 amide bonds. The summed E-state index contributed by atoms with van der Waals surface area (Å²) < 4.78 is 21.3. The summed E-state index contributed by atoms with van der Waals surface area (Å²) in [7, 11) is 2.57. The van der Waals surface area contributed by atoms with Crippen molar-refractivity contribution in [3.05, 3.63) is 0 Å². The lowest BCUT2D eigenvalue weighted by Gasteiger charge is -2.41. The van der Waals surface area contributed by atoms with Gasteiger partial charge in [-0.25, -0.2) is 0 Å². The molecule has 1 fully saturated rings. The van der Waals surface area contributed by atoms with Gasteiger partial charge in [0.1, 0.15) is 10.7 Å². The zero-order chi connectivity index (χ0) is 19.8. The Balaban J connectivity index is 0.000000462. The first-order chi connectivity index (χ1) is 11.5. The summed E-state index contributed by atoms with van der Waals surface area (Å²) in [6.07, 6.45) is 3.73. The molecule has 0 aromatic carbocycles. The highest BCUT2D eigenvalue weighted by Crippen LogP contribution is 2.39. The standard InChI is InChI=1S/C8H14FO3S.C8H14O3S/c1-6(4-7(10)12-2)8(11,5-9)13-3;1-6(4-7(9)11-2)8(10)5-12(8)3/h6H,4-5H2,1-3H3;6H,4-5H2,1-3H3/q-1;. The van der Waals surface area contributed by atoms with Gasteiger partial charge in [-0.3, -0.25) is 14.0 Å². The highest BCUT2D eigenvalue weighted by molar-refractivity contribution is 8.04. The Bertz CT molecular complexity index is 446. The van der Waals surface area contributed by atoms with Gasteiger partial charge in [0.25, 0.3) is 0 Å². The van der Waals surface area contributed by atoms with Crippen LogP contribution in [0.5, 0.6) is 0 Å². The molecule has 148 valence electrons. The molecule has 0 aromatic heterocycles. The van der Waals surface area contributed by atoms with Crippen molar-refractivity contribution in [1.29, 1.82) is 0 Å². The zero-order valence-electron chi connectivity index (χ0n) is 15.6. The fourth-order valence-electron chi connectivity index (χ4n) is 2.12. The van der Waals surface area contributed by atoms with Gasteiger partial charge in [0.05, 0.1) is 33.6 Å². The maximum atomic E-state index is 12.4. The highest BCUT2D eigenvalue weighted by Gasteiger charge is 2.57. The normalized spacial score (nSPS) is 26.4. The molecule has 25 heavy (non-hydrogen) atoms. The third-order valence-electron chi connectivity index (χ3n) is 4.35. The van der Waals surface area contributed by atoms with E-state index < -0.39 is 28.4 Å². The minimum atomic E-state index is -1.73. The Morgan fingerprint density at radius 3 is 2.04 bits per heavy atom. The second-order valence-corrected chi connectivity index (χ2v) is 9.46. The average molecular weight is 400 g/mol. The summed E-state index contributed by atoms with van der Waals surface area (Å²) in [5, 5.41) is 23.3. The van der Waals surface area contributed by atoms with Crippen LogP contribution in [0.3, 0.4) is 0 Å². The topological polar surface area (TPSA) is 98.7 Å². The van der Waals surface area contributed by atoms with E-state index in [4.69, 9.17) is 0 Å². The van der Waals surface area contributed by atoms with Gasteiger partial charge in [-0.15, -0.1) is 0 Å². The van der Waals surface area contributed by atoms with Crippen molar-refractivity contribution in [1.82, 2.24) is 0 Å². The van der Waals surface area contributed by atoms with E-state index in [9.17, 15) is 24.2 Å². The van der Waals surface area contributed by atoms with E-state index in [1.165, 1.54) is 14.2 Å². The van der Waals surface area contributed by atoms with Gasteiger partial charge < -0.3 is 19.7 Å². The van der Waals surface area contributed by atoms with E-state index >= 15 is 0 Å². The Morgan fingerprint density at radius 1 is 1.28 bits per heavy atom. The summed E-state index contributed by atoms with van der Waals surface area (Å²) in [6, 6.07) is 0. The van der Waals surface area contributed by atoms with E-state index in [0.29, 0.717) is 0 Å². The third-order valence-corrected chi connectivity index (χ3v) is 7.80. The van der Waals surface area contributed by atoms with E-state index in [0.717, 1.165) is 17.5 Å². The average Bonchev–Trinajstić information content (AvgIpc) is 3.22. The third kappa shape index (κ3) is 7.32. The van der Waals surface area contributed by atoms with E-state index in [1.807, 2.05) is 13.2 Å². The summed E-state index contributed by atoms with van der Waals surface area (Å²) in [5.74, 6) is -0.680. The fourth-order valence-corrected chi connectivity index (χ4v) is 4.67. The van der Waals surface area contributed by atoms with E-state index in [2.05, 4.69) is 9.47 Å². The van der Waals surface area contributed by atoms with E-state index in [1.54, 1.807) is 13.2 Å². The SMILES string of the molecule is COC(=O)CC(C)C([O-])(CF)SC.COC(=O)CC(C)C1([O-])C[S+]1C. The Labute approximate surface area is 156 Å². The van der Waals surface area contributed by atoms with Crippen molar-refractivity contribution in [3.63, 3.8) is 0 Å². The smallest absolute Gasteiger partial charge is 0.305 e. The predicted octanol–water partition coefficient (Wildman–Crippen LogP) is 0.0786. The van der Waals surface area contributed by atoms with E-state index in [-0.39, 0.29) is 35.6 Å². The molecule has 5 unspecified atom stereocenters. The minimum Gasteiger partial charge on any atom is -0.839 e. The van der Waals surface area contributed by atoms with Crippen molar-refractivity contribution in [2.24, 2.45) is 11.8 Å². The van der Waals surface area contributed by atoms with Crippen LogP contribution in [0.25, 0.3) is 0 Å². The van der Waals surface area contributed by atoms with Crippen LogP contribution < -0.4 is 10.2 Å². The lowest BCUT2D eigenvalue weighted by atomic mass is 10.0. The lowest BCUT2D eigenvalue weighted by molar-refractivity contribution is -0.453. The van der Waals surface area contributed by atoms with Crippen LogP contribution in [-0.4, -0.2) is 61.0 Å². The summed E-state index contributed by atoms with van der Waals surface area (Å²) in [4.78, 5) is 19.1. The zero-order valence-corrected chi connectivity index (χ0v) is 17.3. The Kier molecular flexibility index (Phi) is 10.4. The maximum Gasteiger partial charge on any atom is 0.305 e. The molecule has 0 spiro atoms. The van der Waals surface area contributed by atoms with Crippen LogP contribution >= 0.6 is 11.8 Å². The van der Waals surface area contributed by atoms with Crippen LogP contribution in [-0.2, 0) is 30.0 Å². The molecule has 1 heterocycles. The van der Waals surface area contributed by atoms with Gasteiger partial charge in [-0.05, 0) is 28.0 Å². The summed E-state index contributed by atoms with van der Waals surface area (Å²) in [5.41, 5.74) is 0. The number of hydrogen-bond acceptors (Lipinski definition) is 7. The van der Waals surface area contributed by atoms with Crippen molar-refractivity contribution >= 4 is 34.6 Å². The molecule has 0 radical (unpaired) electrons. The first kappa shape index (κ1) is 24.5. The maximum absolute atomic E-state index is 12.4. The molecule has 9 heteroatoms. The molecule has 0 aliphatic carbocycles. The molecular formula is C16H28FO6S2-. The van der Waals surface area contributed by atoms with Crippen molar-refractivity contribution in [2.75, 3.05) is 39.2 Å². The summed E-state index contributed by atoms with van der Waals surface area (Å²) >= 11 is 0.894. The van der Waals surface area contributed by atoms with Gasteiger partial charge in [-0.2, -0.15) is 11.8 Å². The van der Waals surface area contributed by atoms with Gasteiger partial charge in [0, 0.05) is 12.3 Å². The van der Waals surface area contributed by atoms with Crippen LogP contribution in [0.15, 0.2) is 0 Å². The number of rotatable bonds is 8. The highest BCUT2D eigenvalue weighted by atomic mass is 32.2. The quantitative estimate of drug-likeness (QED) is 0.247. The van der Waals surface area contributed by atoms with Crippen molar-refractivity contribution in [3.8, 4) is 0 Å². The molecule has 1 saturated heterocycles. The minimum absolute atomic E-state index is 0.0263. The number of hydrogen-bond donors (Lipinski definition) is 0. The summed E-state index contributed by atoms with van der Waals surface area (Å²) in [6.45, 7) is 2.41. The largest absolute Gasteiger partial charge is 0.839 e. The fraction of sp³-hybridized carbons (Fsp3) is 0.875. The molecule has 1 rings (SSSR count). The first-order valence-electron chi connectivity index (χ1n) is 7.78. The molecule has 1 aliphatic heterocycles. The number of thioether (sulfide) groups is 1. The number of halogens is 1. The number of esters is 2. The van der Waals surface area contributed by atoms with Gasteiger partial charge in [0.2, 0.25) is 0 Å². The molecule has 1 aliphatic rings. The predicted molar refractivity (Wildman–Crippen MR) is 94.7 cm³/mol. The molecular weight excluding hydrogens is 371 g/mol. The van der Waals surface area contributed by atoms with Crippen LogP contribution in [0, 0.1) is 11.8 Å². The van der Waals surface area contributed by atoms with Crippen LogP contribution in [0.4, 0.5) is 4.39 Å². The second-order valence-electron chi connectivity index (χ2n) is 6.11. The number of methoxy groups -OCH3 is 2. The molecule has 6 nitrogen and oxygen atoms in total. The number of ether oxygens (including phenoxy) is 2. The molecule has 0 saturated carbocycles. The Hall–Kier alpha value is -0.510. The molecule has 0 aromatic rings. The number of alkyl halides is 1. The van der Waals surface area contributed by atoms with Crippen LogP contribution in [0.2, 0.25) is 0 Å². The van der Waals surface area contributed by atoms with Gasteiger partial charge >= 0.3 is 11.9 Å².